The topological polar surface area (TPSA) is 13.1 Å². The van der Waals surface area contributed by atoms with E-state index >= 15 is 0 Å². The molecule has 218 valence electrons. The van der Waals surface area contributed by atoms with E-state index in [0.29, 0.717) is 0 Å². The van der Waals surface area contributed by atoms with Crippen LogP contribution in [-0.2, 0) is 0 Å². The monoisotopic (exact) mass is 596 g/mol. The molecule has 10 rings (SSSR count). The van der Waals surface area contributed by atoms with Crippen LogP contribution in [0.5, 0.6) is 0 Å². The lowest BCUT2D eigenvalue weighted by atomic mass is 9.82. The molecule has 0 radical (unpaired) electrons. The van der Waals surface area contributed by atoms with E-state index in [1.54, 1.807) is 0 Å². The van der Waals surface area contributed by atoms with Gasteiger partial charge in [-0.3, -0.25) is 0 Å². The van der Waals surface area contributed by atoms with Gasteiger partial charge >= 0.3 is 0 Å². The molecule has 0 fully saturated rings. The maximum atomic E-state index is 6.51. The second kappa shape index (κ2) is 10.2. The van der Waals surface area contributed by atoms with Crippen LogP contribution < -0.4 is 0 Å². The zero-order valence-corrected chi connectivity index (χ0v) is 25.6. The van der Waals surface area contributed by atoms with E-state index in [0.717, 1.165) is 21.9 Å². The van der Waals surface area contributed by atoms with Crippen LogP contribution in [0.4, 0.5) is 0 Å². The summed E-state index contributed by atoms with van der Waals surface area (Å²) in [6.07, 6.45) is 0. The second-order valence-electron chi connectivity index (χ2n) is 12.4. The molecule has 0 unspecified atom stereocenters. The van der Waals surface area contributed by atoms with Gasteiger partial charge in [-0.15, -0.1) is 0 Å². The summed E-state index contributed by atoms with van der Waals surface area (Å²) in [7, 11) is 0. The molecule has 0 N–H and O–H groups in total. The van der Waals surface area contributed by atoms with Crippen LogP contribution in [0.15, 0.2) is 174 Å². The molecule has 0 aliphatic carbocycles. The molecule has 1 nitrogen and oxygen atoms in total. The summed E-state index contributed by atoms with van der Waals surface area (Å²) in [5.41, 5.74) is 9.12. The lowest BCUT2D eigenvalue weighted by molar-refractivity contribution is 0.669. The van der Waals surface area contributed by atoms with E-state index in [4.69, 9.17) is 4.42 Å². The molecular weight excluding hydrogens is 569 g/mol. The SMILES string of the molecule is c1ccc(-c2cc3c(cc2-c2c4ccccc4c(-c4cccc5c4ccc4ccccc45)c4ccccc24)oc2ccccc23)cc1. The van der Waals surface area contributed by atoms with Crippen LogP contribution in [-0.4, -0.2) is 0 Å². The van der Waals surface area contributed by atoms with Gasteiger partial charge in [0.25, 0.3) is 0 Å². The van der Waals surface area contributed by atoms with Crippen molar-refractivity contribution in [3.05, 3.63) is 170 Å². The van der Waals surface area contributed by atoms with Crippen molar-refractivity contribution in [2.75, 3.05) is 0 Å². The van der Waals surface area contributed by atoms with Gasteiger partial charge in [0.05, 0.1) is 0 Å². The maximum absolute atomic E-state index is 6.51. The van der Waals surface area contributed by atoms with Crippen molar-refractivity contribution >= 4 is 65.0 Å². The van der Waals surface area contributed by atoms with Gasteiger partial charge in [0, 0.05) is 10.8 Å². The van der Waals surface area contributed by atoms with Gasteiger partial charge in [0.2, 0.25) is 0 Å². The van der Waals surface area contributed by atoms with Crippen molar-refractivity contribution < 1.29 is 4.42 Å². The third-order valence-electron chi connectivity index (χ3n) is 9.86. The lowest BCUT2D eigenvalue weighted by Gasteiger charge is -2.20. The Hall–Kier alpha value is -6.18. The van der Waals surface area contributed by atoms with Crippen LogP contribution in [0, 0.1) is 0 Å². The van der Waals surface area contributed by atoms with Gasteiger partial charge < -0.3 is 4.42 Å². The van der Waals surface area contributed by atoms with E-state index in [1.807, 2.05) is 6.07 Å². The molecule has 0 aliphatic rings. The fraction of sp³-hybridized carbons (Fsp3) is 0. The van der Waals surface area contributed by atoms with Gasteiger partial charge in [-0.1, -0.05) is 152 Å². The largest absolute Gasteiger partial charge is 0.456 e. The Balaban J connectivity index is 1.36. The molecular formula is C46H28O. The summed E-state index contributed by atoms with van der Waals surface area (Å²) in [5, 5.41) is 12.3. The first-order valence-electron chi connectivity index (χ1n) is 16.2. The number of furan rings is 1. The first kappa shape index (κ1) is 26.1. The quantitative estimate of drug-likeness (QED) is 0.146. The minimum Gasteiger partial charge on any atom is -0.456 e. The molecule has 1 aromatic heterocycles. The molecule has 47 heavy (non-hydrogen) atoms. The number of hydrogen-bond donors (Lipinski definition) is 0. The van der Waals surface area contributed by atoms with Gasteiger partial charge in [-0.05, 0) is 94.7 Å². The van der Waals surface area contributed by atoms with Crippen LogP contribution >= 0.6 is 0 Å². The summed E-state index contributed by atoms with van der Waals surface area (Å²) < 4.78 is 6.51. The maximum Gasteiger partial charge on any atom is 0.136 e. The predicted molar refractivity (Wildman–Crippen MR) is 200 cm³/mol. The normalized spacial score (nSPS) is 11.8. The van der Waals surface area contributed by atoms with Crippen molar-refractivity contribution in [3.8, 4) is 33.4 Å². The van der Waals surface area contributed by atoms with E-state index in [2.05, 4.69) is 164 Å². The molecule has 0 spiro atoms. The highest BCUT2D eigenvalue weighted by Crippen LogP contribution is 2.49. The standard InChI is InChI=1S/C46H28O/c1-2-13-29(14-3-1)40-27-41-34-17-10-11-24-43(34)47-44(41)28-42(40)46-38-20-8-6-18-36(38)45(37-19-7-9-21-39(37)46)35-23-12-22-32-31-16-5-4-15-30(31)25-26-33(32)35/h1-28H. The first-order valence-corrected chi connectivity index (χ1v) is 16.2. The Morgan fingerprint density at radius 3 is 1.57 bits per heavy atom. The zero-order chi connectivity index (χ0) is 30.9. The highest BCUT2D eigenvalue weighted by molar-refractivity contribution is 6.26. The number of rotatable bonds is 3. The van der Waals surface area contributed by atoms with E-state index in [1.165, 1.54) is 76.5 Å². The van der Waals surface area contributed by atoms with Crippen LogP contribution in [0.25, 0.3) is 98.4 Å². The van der Waals surface area contributed by atoms with Gasteiger partial charge in [-0.25, -0.2) is 0 Å². The van der Waals surface area contributed by atoms with Crippen molar-refractivity contribution in [2.24, 2.45) is 0 Å². The van der Waals surface area contributed by atoms with E-state index in [-0.39, 0.29) is 0 Å². The van der Waals surface area contributed by atoms with Crippen molar-refractivity contribution in [3.63, 3.8) is 0 Å². The van der Waals surface area contributed by atoms with Crippen molar-refractivity contribution in [2.45, 2.75) is 0 Å². The van der Waals surface area contributed by atoms with Crippen LogP contribution in [0.2, 0.25) is 0 Å². The minimum absolute atomic E-state index is 0.902. The van der Waals surface area contributed by atoms with Crippen LogP contribution in [0.3, 0.4) is 0 Å². The highest BCUT2D eigenvalue weighted by atomic mass is 16.3. The van der Waals surface area contributed by atoms with Gasteiger partial charge in [0.1, 0.15) is 11.2 Å². The Kier molecular flexibility index (Phi) is 5.64. The molecule has 1 heterocycles. The van der Waals surface area contributed by atoms with E-state index < -0.39 is 0 Å². The fourth-order valence-electron chi connectivity index (χ4n) is 7.80. The summed E-state index contributed by atoms with van der Waals surface area (Å²) in [6, 6.07) is 61.6. The van der Waals surface area contributed by atoms with E-state index in [9.17, 15) is 0 Å². The van der Waals surface area contributed by atoms with Crippen LogP contribution in [0.1, 0.15) is 0 Å². The second-order valence-corrected chi connectivity index (χ2v) is 12.4. The molecule has 0 amide bonds. The average Bonchev–Trinajstić information content (AvgIpc) is 3.51. The summed E-state index contributed by atoms with van der Waals surface area (Å²) >= 11 is 0. The van der Waals surface area contributed by atoms with Crippen molar-refractivity contribution in [1.82, 2.24) is 0 Å². The van der Waals surface area contributed by atoms with Crippen molar-refractivity contribution in [1.29, 1.82) is 0 Å². The zero-order valence-electron chi connectivity index (χ0n) is 25.6. The third-order valence-corrected chi connectivity index (χ3v) is 9.86. The molecule has 0 saturated heterocycles. The number of para-hydroxylation sites is 1. The molecule has 0 saturated carbocycles. The Morgan fingerprint density at radius 2 is 0.851 bits per heavy atom. The molecule has 0 aliphatic heterocycles. The fourth-order valence-corrected chi connectivity index (χ4v) is 7.80. The molecule has 0 atom stereocenters. The molecule has 0 bridgehead atoms. The third kappa shape index (κ3) is 3.90. The molecule has 1 heteroatoms. The Bertz CT molecular complexity index is 2780. The summed E-state index contributed by atoms with van der Waals surface area (Å²) in [4.78, 5) is 0. The smallest absolute Gasteiger partial charge is 0.136 e. The lowest BCUT2D eigenvalue weighted by Crippen LogP contribution is -1.93. The predicted octanol–water partition coefficient (Wildman–Crippen LogP) is 13.2. The first-order chi connectivity index (χ1) is 23.3. The number of benzene rings is 9. The van der Waals surface area contributed by atoms with Gasteiger partial charge in [0.15, 0.2) is 0 Å². The van der Waals surface area contributed by atoms with Gasteiger partial charge in [-0.2, -0.15) is 0 Å². The molecule has 9 aromatic carbocycles. The minimum atomic E-state index is 0.902. The summed E-state index contributed by atoms with van der Waals surface area (Å²) in [5.74, 6) is 0. The summed E-state index contributed by atoms with van der Waals surface area (Å²) in [6.45, 7) is 0. The number of hydrogen-bond acceptors (Lipinski definition) is 1. The highest BCUT2D eigenvalue weighted by Gasteiger charge is 2.22. The Morgan fingerprint density at radius 1 is 0.277 bits per heavy atom. The Labute approximate surface area is 271 Å². The average molecular weight is 597 g/mol. The number of fused-ring (bicyclic) bond motifs is 8. The molecule has 10 aromatic rings.